The monoisotopic (exact) mass is 272 g/mol. The largest absolute Gasteiger partial charge is 0.478 e. The molecule has 0 aliphatic carbocycles. The summed E-state index contributed by atoms with van der Waals surface area (Å²) in [6.07, 6.45) is 0.0605. The second-order valence-corrected chi connectivity index (χ2v) is 4.43. The summed E-state index contributed by atoms with van der Waals surface area (Å²) >= 11 is 5.74. The van der Waals surface area contributed by atoms with Crippen LogP contribution in [0, 0.1) is 5.82 Å². The Kier molecular flexibility index (Phi) is 3.23. The summed E-state index contributed by atoms with van der Waals surface area (Å²) < 4.78 is 13.8. The molecule has 7 heteroatoms. The highest BCUT2D eigenvalue weighted by molar-refractivity contribution is 6.34. The van der Waals surface area contributed by atoms with Crippen LogP contribution in [0.15, 0.2) is 12.1 Å². The fourth-order valence-electron chi connectivity index (χ4n) is 1.96. The highest BCUT2D eigenvalue weighted by atomic mass is 35.5. The number of nitrogens with two attached hydrogens (primary N) is 1. The average molecular weight is 273 g/mol. The molecule has 1 aromatic carbocycles. The summed E-state index contributed by atoms with van der Waals surface area (Å²) in [6.45, 7) is 0.0797. The van der Waals surface area contributed by atoms with Crippen molar-refractivity contribution in [1.82, 2.24) is 0 Å². The Bertz CT molecular complexity index is 535. The first-order valence-electron chi connectivity index (χ1n) is 5.19. The molecule has 1 fully saturated rings. The Morgan fingerprint density at radius 2 is 2.22 bits per heavy atom. The number of anilines is 1. The molecule has 1 aliphatic heterocycles. The minimum absolute atomic E-state index is 0.0605. The van der Waals surface area contributed by atoms with Gasteiger partial charge < -0.3 is 15.7 Å². The predicted molar refractivity (Wildman–Crippen MR) is 63.3 cm³/mol. The van der Waals surface area contributed by atoms with Crippen LogP contribution in [0.25, 0.3) is 0 Å². The van der Waals surface area contributed by atoms with Crippen molar-refractivity contribution in [1.29, 1.82) is 0 Å². The van der Waals surface area contributed by atoms with Gasteiger partial charge in [-0.1, -0.05) is 11.6 Å². The molecular formula is C11H10ClFN2O3. The smallest absolute Gasteiger partial charge is 0.339 e. The molecule has 0 radical (unpaired) electrons. The molecular weight excluding hydrogens is 263 g/mol. The van der Waals surface area contributed by atoms with Gasteiger partial charge >= 0.3 is 5.97 Å². The van der Waals surface area contributed by atoms with E-state index in [1.54, 1.807) is 0 Å². The van der Waals surface area contributed by atoms with Gasteiger partial charge in [0.2, 0.25) is 5.91 Å². The van der Waals surface area contributed by atoms with E-state index in [1.165, 1.54) is 0 Å². The van der Waals surface area contributed by atoms with E-state index in [-0.39, 0.29) is 23.7 Å². The summed E-state index contributed by atoms with van der Waals surface area (Å²) in [5.74, 6) is -2.60. The predicted octanol–water partition coefficient (Wildman–Crippen LogP) is 1.24. The van der Waals surface area contributed by atoms with Crippen molar-refractivity contribution in [3.05, 3.63) is 28.5 Å². The summed E-state index contributed by atoms with van der Waals surface area (Å²) in [5, 5.41) is 8.94. The molecule has 1 aromatic rings. The molecule has 1 unspecified atom stereocenters. The van der Waals surface area contributed by atoms with E-state index in [2.05, 4.69) is 0 Å². The van der Waals surface area contributed by atoms with Gasteiger partial charge in [-0.15, -0.1) is 0 Å². The van der Waals surface area contributed by atoms with Gasteiger partial charge in [0.25, 0.3) is 0 Å². The number of carbonyl (C=O) groups excluding carboxylic acids is 1. The first-order valence-corrected chi connectivity index (χ1v) is 5.57. The van der Waals surface area contributed by atoms with Crippen molar-refractivity contribution in [2.24, 2.45) is 5.73 Å². The lowest BCUT2D eigenvalue weighted by atomic mass is 10.1. The third kappa shape index (κ3) is 2.04. The maximum atomic E-state index is 13.8. The van der Waals surface area contributed by atoms with Crippen LogP contribution < -0.4 is 10.6 Å². The quantitative estimate of drug-likeness (QED) is 0.848. The van der Waals surface area contributed by atoms with Crippen LogP contribution in [0.1, 0.15) is 16.8 Å². The van der Waals surface area contributed by atoms with Crippen molar-refractivity contribution in [3.63, 3.8) is 0 Å². The van der Waals surface area contributed by atoms with Gasteiger partial charge in [0, 0.05) is 19.0 Å². The Balaban J connectivity index is 2.59. The number of hydrogen-bond donors (Lipinski definition) is 2. The van der Waals surface area contributed by atoms with Crippen LogP contribution in [0.3, 0.4) is 0 Å². The van der Waals surface area contributed by atoms with Gasteiger partial charge in [-0.3, -0.25) is 4.79 Å². The van der Waals surface area contributed by atoms with E-state index >= 15 is 0 Å². The highest BCUT2D eigenvalue weighted by Gasteiger charge is 2.33. The zero-order valence-corrected chi connectivity index (χ0v) is 9.95. The number of carboxylic acid groups (broad SMARTS) is 1. The van der Waals surface area contributed by atoms with Gasteiger partial charge in [0.05, 0.1) is 10.7 Å². The Hall–Kier alpha value is -1.66. The number of carboxylic acids is 1. The van der Waals surface area contributed by atoms with E-state index < -0.39 is 29.3 Å². The SMILES string of the molecule is NC1CC(=O)N(c2c(F)ccc(Cl)c2C(=O)O)C1. The van der Waals surface area contributed by atoms with Gasteiger partial charge in [0.1, 0.15) is 11.4 Å². The molecule has 1 amide bonds. The topological polar surface area (TPSA) is 83.6 Å². The summed E-state index contributed by atoms with van der Waals surface area (Å²) in [5.41, 5.74) is 4.87. The number of carbonyl (C=O) groups is 2. The van der Waals surface area contributed by atoms with Crippen LogP contribution in [0.2, 0.25) is 5.02 Å². The third-order valence-electron chi connectivity index (χ3n) is 2.72. The van der Waals surface area contributed by atoms with Crippen molar-refractivity contribution in [2.75, 3.05) is 11.4 Å². The number of amides is 1. The summed E-state index contributed by atoms with van der Waals surface area (Å²) in [4.78, 5) is 23.8. The summed E-state index contributed by atoms with van der Waals surface area (Å²) in [7, 11) is 0. The molecule has 1 atom stereocenters. The first kappa shape index (κ1) is 12.8. The molecule has 1 heterocycles. The molecule has 96 valence electrons. The molecule has 0 spiro atoms. The van der Waals surface area contributed by atoms with Crippen LogP contribution in [0.4, 0.5) is 10.1 Å². The van der Waals surface area contributed by atoms with Gasteiger partial charge in [-0.05, 0) is 12.1 Å². The minimum Gasteiger partial charge on any atom is -0.478 e. The molecule has 0 saturated carbocycles. The number of halogens is 2. The van der Waals surface area contributed by atoms with Crippen molar-refractivity contribution >= 4 is 29.2 Å². The molecule has 5 nitrogen and oxygen atoms in total. The molecule has 3 N–H and O–H groups in total. The standard InChI is InChI=1S/C11H10ClFN2O3/c12-6-1-2-7(13)10(9(6)11(17)18)15-4-5(14)3-8(15)16/h1-2,5H,3-4,14H2,(H,17,18). The van der Waals surface area contributed by atoms with E-state index in [4.69, 9.17) is 22.4 Å². The molecule has 0 bridgehead atoms. The fourth-order valence-corrected chi connectivity index (χ4v) is 2.19. The number of benzene rings is 1. The lowest BCUT2D eigenvalue weighted by Gasteiger charge is -2.19. The Morgan fingerprint density at radius 1 is 1.56 bits per heavy atom. The molecule has 0 aromatic heterocycles. The van der Waals surface area contributed by atoms with Gasteiger partial charge in [-0.25, -0.2) is 9.18 Å². The van der Waals surface area contributed by atoms with Crippen LogP contribution in [0.5, 0.6) is 0 Å². The van der Waals surface area contributed by atoms with Crippen molar-refractivity contribution < 1.29 is 19.1 Å². The lowest BCUT2D eigenvalue weighted by molar-refractivity contribution is -0.117. The first-order chi connectivity index (χ1) is 8.41. The van der Waals surface area contributed by atoms with Gasteiger partial charge in [0.15, 0.2) is 0 Å². The van der Waals surface area contributed by atoms with Crippen LogP contribution >= 0.6 is 11.6 Å². The molecule has 2 rings (SSSR count). The second kappa shape index (κ2) is 4.55. The summed E-state index contributed by atoms with van der Waals surface area (Å²) in [6, 6.07) is 1.74. The highest BCUT2D eigenvalue weighted by Crippen LogP contribution is 2.33. The minimum atomic E-state index is -1.39. The van der Waals surface area contributed by atoms with E-state index in [1.807, 2.05) is 0 Å². The molecule has 1 aliphatic rings. The van der Waals surface area contributed by atoms with Crippen molar-refractivity contribution in [2.45, 2.75) is 12.5 Å². The number of aromatic carboxylic acids is 1. The van der Waals surface area contributed by atoms with E-state index in [0.29, 0.717) is 0 Å². The van der Waals surface area contributed by atoms with E-state index in [9.17, 15) is 14.0 Å². The lowest BCUT2D eigenvalue weighted by Crippen LogP contribution is -2.30. The maximum Gasteiger partial charge on any atom is 0.339 e. The second-order valence-electron chi connectivity index (χ2n) is 4.03. The van der Waals surface area contributed by atoms with Gasteiger partial charge in [-0.2, -0.15) is 0 Å². The number of hydrogen-bond acceptors (Lipinski definition) is 3. The zero-order chi connectivity index (χ0) is 13.4. The number of rotatable bonds is 2. The average Bonchev–Trinajstić information content (AvgIpc) is 2.60. The van der Waals surface area contributed by atoms with Crippen molar-refractivity contribution in [3.8, 4) is 0 Å². The Morgan fingerprint density at radius 3 is 2.72 bits per heavy atom. The van der Waals surface area contributed by atoms with E-state index in [0.717, 1.165) is 17.0 Å². The maximum absolute atomic E-state index is 13.8. The Labute approximate surface area is 107 Å². The molecule has 18 heavy (non-hydrogen) atoms. The number of nitrogens with zero attached hydrogens (tertiary/aromatic N) is 1. The third-order valence-corrected chi connectivity index (χ3v) is 3.03. The zero-order valence-electron chi connectivity index (χ0n) is 9.19. The normalized spacial score (nSPS) is 19.4. The van der Waals surface area contributed by atoms with Crippen LogP contribution in [-0.4, -0.2) is 29.6 Å². The van der Waals surface area contributed by atoms with Crippen LogP contribution in [-0.2, 0) is 4.79 Å². The molecule has 1 saturated heterocycles. The fraction of sp³-hybridized carbons (Fsp3) is 0.273.